The molecule has 0 radical (unpaired) electrons. The van der Waals surface area contributed by atoms with Crippen molar-refractivity contribution in [3.8, 4) is 11.5 Å². The lowest BCUT2D eigenvalue weighted by molar-refractivity contribution is 0.154. The lowest BCUT2D eigenvalue weighted by Gasteiger charge is -2.16. The number of hydrogen-bond acceptors (Lipinski definition) is 4. The van der Waals surface area contributed by atoms with Crippen LogP contribution in [0.5, 0.6) is 11.5 Å². The standard InChI is InChI=1S/C14H21NO3/c1-15(2)7-6-12(16)11-4-5-13-14(10-11)18-9-3-8-17-13/h4-5,10,12,16H,3,6-9H2,1-2H3. The Bertz CT molecular complexity index is 393. The molecule has 1 aliphatic rings. The molecule has 1 aromatic rings. The van der Waals surface area contributed by atoms with Crippen LogP contribution in [0.3, 0.4) is 0 Å². The van der Waals surface area contributed by atoms with Crippen molar-refractivity contribution in [2.75, 3.05) is 33.9 Å². The van der Waals surface area contributed by atoms with Gasteiger partial charge in [-0.2, -0.15) is 0 Å². The summed E-state index contributed by atoms with van der Waals surface area (Å²) in [4.78, 5) is 2.06. The summed E-state index contributed by atoms with van der Waals surface area (Å²) in [7, 11) is 4.00. The zero-order valence-corrected chi connectivity index (χ0v) is 11.1. The number of nitrogens with zero attached hydrogens (tertiary/aromatic N) is 1. The highest BCUT2D eigenvalue weighted by Crippen LogP contribution is 2.32. The second-order valence-corrected chi connectivity index (χ2v) is 4.86. The number of ether oxygens (including phenoxy) is 2. The average Bonchev–Trinajstić information content (AvgIpc) is 2.60. The smallest absolute Gasteiger partial charge is 0.161 e. The van der Waals surface area contributed by atoms with Crippen LogP contribution in [0, 0.1) is 0 Å². The molecule has 0 saturated carbocycles. The van der Waals surface area contributed by atoms with E-state index in [0.29, 0.717) is 19.6 Å². The van der Waals surface area contributed by atoms with Crippen molar-refractivity contribution in [2.24, 2.45) is 0 Å². The Balaban J connectivity index is 2.07. The number of hydrogen-bond donors (Lipinski definition) is 1. The highest BCUT2D eigenvalue weighted by molar-refractivity contribution is 5.44. The highest BCUT2D eigenvalue weighted by atomic mass is 16.5. The molecule has 1 unspecified atom stereocenters. The number of benzene rings is 1. The van der Waals surface area contributed by atoms with Crippen LogP contribution in [0.1, 0.15) is 24.5 Å². The molecule has 18 heavy (non-hydrogen) atoms. The monoisotopic (exact) mass is 251 g/mol. The fourth-order valence-electron chi connectivity index (χ4n) is 1.93. The lowest BCUT2D eigenvalue weighted by atomic mass is 10.1. The summed E-state index contributed by atoms with van der Waals surface area (Å²) < 4.78 is 11.2. The van der Waals surface area contributed by atoms with Gasteiger partial charge in [0.25, 0.3) is 0 Å². The van der Waals surface area contributed by atoms with E-state index in [2.05, 4.69) is 4.90 Å². The highest BCUT2D eigenvalue weighted by Gasteiger charge is 2.14. The average molecular weight is 251 g/mol. The van der Waals surface area contributed by atoms with Crippen molar-refractivity contribution < 1.29 is 14.6 Å². The summed E-state index contributed by atoms with van der Waals surface area (Å²) in [6.45, 7) is 2.22. The maximum atomic E-state index is 10.1. The fraction of sp³-hybridized carbons (Fsp3) is 0.571. The summed E-state index contributed by atoms with van der Waals surface area (Å²) in [5.41, 5.74) is 0.890. The molecule has 1 atom stereocenters. The van der Waals surface area contributed by atoms with Crippen molar-refractivity contribution in [3.05, 3.63) is 23.8 Å². The van der Waals surface area contributed by atoms with E-state index in [1.807, 2.05) is 32.3 Å². The molecule has 2 rings (SSSR count). The second kappa shape index (κ2) is 6.07. The molecule has 4 heteroatoms. The van der Waals surface area contributed by atoms with Gasteiger partial charge in [0.05, 0.1) is 19.3 Å². The zero-order chi connectivity index (χ0) is 13.0. The van der Waals surface area contributed by atoms with Crippen LogP contribution >= 0.6 is 0 Å². The topological polar surface area (TPSA) is 41.9 Å². The van der Waals surface area contributed by atoms with Crippen molar-refractivity contribution in [1.82, 2.24) is 4.90 Å². The van der Waals surface area contributed by atoms with Crippen LogP contribution in [0.4, 0.5) is 0 Å². The zero-order valence-electron chi connectivity index (χ0n) is 11.1. The van der Waals surface area contributed by atoms with E-state index >= 15 is 0 Å². The van der Waals surface area contributed by atoms with Gasteiger partial charge in [-0.05, 0) is 38.2 Å². The van der Waals surface area contributed by atoms with Crippen LogP contribution < -0.4 is 9.47 Å². The van der Waals surface area contributed by atoms with Crippen molar-refractivity contribution in [1.29, 1.82) is 0 Å². The maximum absolute atomic E-state index is 10.1. The Morgan fingerprint density at radius 2 is 1.94 bits per heavy atom. The van der Waals surface area contributed by atoms with Gasteiger partial charge in [-0.3, -0.25) is 0 Å². The summed E-state index contributed by atoms with van der Waals surface area (Å²) in [6.07, 6.45) is 1.16. The molecule has 0 aliphatic carbocycles. The van der Waals surface area contributed by atoms with Crippen molar-refractivity contribution in [2.45, 2.75) is 18.9 Å². The fourth-order valence-corrected chi connectivity index (χ4v) is 1.93. The number of fused-ring (bicyclic) bond motifs is 1. The van der Waals surface area contributed by atoms with E-state index in [4.69, 9.17) is 9.47 Å². The van der Waals surface area contributed by atoms with E-state index < -0.39 is 6.10 Å². The normalized spacial score (nSPS) is 16.4. The largest absolute Gasteiger partial charge is 0.490 e. The minimum Gasteiger partial charge on any atom is -0.490 e. The third-order valence-electron chi connectivity index (χ3n) is 3.01. The Hall–Kier alpha value is -1.26. The van der Waals surface area contributed by atoms with Gasteiger partial charge in [0.2, 0.25) is 0 Å². The summed E-state index contributed by atoms with van der Waals surface area (Å²) in [6, 6.07) is 5.68. The molecular weight excluding hydrogens is 230 g/mol. The van der Waals surface area contributed by atoms with Gasteiger partial charge in [-0.1, -0.05) is 6.07 Å². The molecule has 0 fully saturated rings. The summed E-state index contributed by atoms with van der Waals surface area (Å²) in [5, 5.41) is 10.1. The van der Waals surface area contributed by atoms with E-state index in [-0.39, 0.29) is 0 Å². The molecule has 1 aliphatic heterocycles. The Morgan fingerprint density at radius 1 is 1.22 bits per heavy atom. The molecule has 0 aromatic heterocycles. The minimum atomic E-state index is -0.454. The summed E-state index contributed by atoms with van der Waals surface area (Å²) >= 11 is 0. The molecule has 100 valence electrons. The third kappa shape index (κ3) is 3.37. The van der Waals surface area contributed by atoms with Gasteiger partial charge in [0, 0.05) is 13.0 Å². The third-order valence-corrected chi connectivity index (χ3v) is 3.01. The molecule has 0 saturated heterocycles. The van der Waals surface area contributed by atoms with E-state index in [0.717, 1.165) is 30.0 Å². The van der Waals surface area contributed by atoms with Gasteiger partial charge < -0.3 is 19.5 Å². The minimum absolute atomic E-state index is 0.454. The van der Waals surface area contributed by atoms with Gasteiger partial charge in [-0.15, -0.1) is 0 Å². The summed E-state index contributed by atoms with van der Waals surface area (Å²) in [5.74, 6) is 1.52. The molecular formula is C14H21NO3. The maximum Gasteiger partial charge on any atom is 0.161 e. The van der Waals surface area contributed by atoms with Gasteiger partial charge in [0.1, 0.15) is 0 Å². The van der Waals surface area contributed by atoms with Crippen LogP contribution in [0.2, 0.25) is 0 Å². The molecule has 1 aromatic carbocycles. The van der Waals surface area contributed by atoms with E-state index in [1.54, 1.807) is 0 Å². The SMILES string of the molecule is CN(C)CCC(O)c1ccc2c(c1)OCCCO2. The molecule has 4 nitrogen and oxygen atoms in total. The Morgan fingerprint density at radius 3 is 2.67 bits per heavy atom. The molecule has 1 N–H and O–H groups in total. The first-order chi connectivity index (χ1) is 8.66. The first-order valence-corrected chi connectivity index (χ1v) is 6.39. The quantitative estimate of drug-likeness (QED) is 0.886. The first kappa shape index (κ1) is 13.2. The van der Waals surface area contributed by atoms with E-state index in [9.17, 15) is 5.11 Å². The van der Waals surface area contributed by atoms with Crippen LogP contribution in [-0.2, 0) is 0 Å². The molecule has 0 bridgehead atoms. The van der Waals surface area contributed by atoms with Crippen molar-refractivity contribution >= 4 is 0 Å². The first-order valence-electron chi connectivity index (χ1n) is 6.39. The number of aliphatic hydroxyl groups is 1. The predicted molar refractivity (Wildman–Crippen MR) is 70.2 cm³/mol. The van der Waals surface area contributed by atoms with Gasteiger partial charge in [0.15, 0.2) is 11.5 Å². The molecule has 1 heterocycles. The Kier molecular flexibility index (Phi) is 4.44. The van der Waals surface area contributed by atoms with E-state index in [1.165, 1.54) is 0 Å². The molecule has 0 amide bonds. The van der Waals surface area contributed by atoms with Crippen LogP contribution in [0.25, 0.3) is 0 Å². The second-order valence-electron chi connectivity index (χ2n) is 4.86. The van der Waals surface area contributed by atoms with Crippen molar-refractivity contribution in [3.63, 3.8) is 0 Å². The van der Waals surface area contributed by atoms with Crippen LogP contribution in [-0.4, -0.2) is 43.9 Å². The van der Waals surface area contributed by atoms with Gasteiger partial charge >= 0.3 is 0 Å². The van der Waals surface area contributed by atoms with Crippen LogP contribution in [0.15, 0.2) is 18.2 Å². The number of rotatable bonds is 4. The predicted octanol–water partition coefficient (Wildman–Crippen LogP) is 1.83. The number of aliphatic hydroxyl groups excluding tert-OH is 1. The lowest BCUT2D eigenvalue weighted by Crippen LogP contribution is -2.15. The molecule has 0 spiro atoms. The Labute approximate surface area is 108 Å². The van der Waals surface area contributed by atoms with Gasteiger partial charge in [-0.25, -0.2) is 0 Å².